The Morgan fingerprint density at radius 1 is 1.00 bits per heavy atom. The SMILES string of the molecule is CCCC(NCCN(CC)CCC)c1ccccc1. The topological polar surface area (TPSA) is 15.3 Å². The Labute approximate surface area is 119 Å². The normalized spacial score (nSPS) is 12.8. The summed E-state index contributed by atoms with van der Waals surface area (Å²) in [4.78, 5) is 2.51. The summed E-state index contributed by atoms with van der Waals surface area (Å²) in [7, 11) is 0. The second-order valence-corrected chi connectivity index (χ2v) is 5.14. The predicted octanol–water partition coefficient (Wildman–Crippen LogP) is 3.85. The van der Waals surface area contributed by atoms with Crippen molar-refractivity contribution in [2.75, 3.05) is 26.2 Å². The molecular formula is C17H30N2. The molecule has 2 nitrogen and oxygen atoms in total. The molecule has 0 aliphatic rings. The highest BCUT2D eigenvalue weighted by Crippen LogP contribution is 2.17. The molecule has 1 rings (SSSR count). The van der Waals surface area contributed by atoms with Crippen LogP contribution in [-0.4, -0.2) is 31.1 Å². The molecule has 0 bridgehead atoms. The van der Waals surface area contributed by atoms with Gasteiger partial charge in [-0.3, -0.25) is 0 Å². The Bertz CT molecular complexity index is 310. The van der Waals surface area contributed by atoms with Gasteiger partial charge in [-0.15, -0.1) is 0 Å². The second-order valence-electron chi connectivity index (χ2n) is 5.14. The first-order valence-corrected chi connectivity index (χ1v) is 7.82. The van der Waals surface area contributed by atoms with Gasteiger partial charge in [0.25, 0.3) is 0 Å². The average Bonchev–Trinajstić information content (AvgIpc) is 2.46. The van der Waals surface area contributed by atoms with Gasteiger partial charge in [-0.1, -0.05) is 57.5 Å². The number of nitrogens with zero attached hydrogens (tertiary/aromatic N) is 1. The molecule has 0 saturated carbocycles. The van der Waals surface area contributed by atoms with E-state index in [1.807, 2.05) is 0 Å². The molecule has 0 heterocycles. The fourth-order valence-corrected chi connectivity index (χ4v) is 2.50. The van der Waals surface area contributed by atoms with E-state index in [1.54, 1.807) is 0 Å². The number of likely N-dealkylation sites (N-methyl/N-ethyl adjacent to an activating group) is 1. The van der Waals surface area contributed by atoms with Crippen LogP contribution in [0.4, 0.5) is 0 Å². The third-order valence-electron chi connectivity index (χ3n) is 3.59. The molecule has 0 aliphatic heterocycles. The summed E-state index contributed by atoms with van der Waals surface area (Å²) in [6.07, 6.45) is 3.67. The van der Waals surface area contributed by atoms with E-state index in [1.165, 1.54) is 31.4 Å². The summed E-state index contributed by atoms with van der Waals surface area (Å²) in [6, 6.07) is 11.3. The zero-order valence-electron chi connectivity index (χ0n) is 12.9. The van der Waals surface area contributed by atoms with Crippen molar-refractivity contribution in [3.8, 4) is 0 Å². The largest absolute Gasteiger partial charge is 0.309 e. The Morgan fingerprint density at radius 2 is 1.74 bits per heavy atom. The Kier molecular flexibility index (Phi) is 8.52. The molecule has 19 heavy (non-hydrogen) atoms. The van der Waals surface area contributed by atoms with Crippen molar-refractivity contribution in [1.29, 1.82) is 0 Å². The molecule has 0 aliphatic carbocycles. The molecule has 0 saturated heterocycles. The van der Waals surface area contributed by atoms with Crippen molar-refractivity contribution in [3.63, 3.8) is 0 Å². The Balaban J connectivity index is 2.42. The van der Waals surface area contributed by atoms with Crippen LogP contribution >= 0.6 is 0 Å². The van der Waals surface area contributed by atoms with E-state index in [2.05, 4.69) is 61.3 Å². The lowest BCUT2D eigenvalue weighted by Gasteiger charge is -2.23. The van der Waals surface area contributed by atoms with Crippen LogP contribution in [0, 0.1) is 0 Å². The zero-order chi connectivity index (χ0) is 13.9. The standard InChI is InChI=1S/C17H30N2/c1-4-10-17(16-11-8-7-9-12-16)18-13-15-19(6-3)14-5-2/h7-9,11-12,17-18H,4-6,10,13-15H2,1-3H3. The first kappa shape index (κ1) is 16.2. The van der Waals surface area contributed by atoms with E-state index in [0.29, 0.717) is 6.04 Å². The highest BCUT2D eigenvalue weighted by Gasteiger charge is 2.09. The molecule has 2 heteroatoms. The molecule has 0 radical (unpaired) electrons. The highest BCUT2D eigenvalue weighted by atomic mass is 15.1. The molecule has 1 atom stereocenters. The van der Waals surface area contributed by atoms with Crippen LogP contribution in [0.2, 0.25) is 0 Å². The minimum atomic E-state index is 0.506. The van der Waals surface area contributed by atoms with Crippen LogP contribution in [0.25, 0.3) is 0 Å². The number of benzene rings is 1. The molecule has 0 fully saturated rings. The van der Waals surface area contributed by atoms with Crippen molar-refractivity contribution < 1.29 is 0 Å². The first-order chi connectivity index (χ1) is 9.31. The maximum atomic E-state index is 3.72. The Morgan fingerprint density at radius 3 is 2.32 bits per heavy atom. The van der Waals surface area contributed by atoms with Crippen molar-refractivity contribution >= 4 is 0 Å². The van der Waals surface area contributed by atoms with Gasteiger partial charge >= 0.3 is 0 Å². The number of nitrogens with one attached hydrogen (secondary N) is 1. The van der Waals surface area contributed by atoms with E-state index in [0.717, 1.165) is 19.6 Å². The molecule has 1 N–H and O–H groups in total. The number of hydrogen-bond acceptors (Lipinski definition) is 2. The lowest BCUT2D eigenvalue weighted by atomic mass is 10.0. The van der Waals surface area contributed by atoms with Crippen molar-refractivity contribution in [2.45, 2.75) is 46.1 Å². The maximum Gasteiger partial charge on any atom is 0.0320 e. The van der Waals surface area contributed by atoms with E-state index >= 15 is 0 Å². The van der Waals surface area contributed by atoms with E-state index in [4.69, 9.17) is 0 Å². The van der Waals surface area contributed by atoms with Crippen molar-refractivity contribution in [1.82, 2.24) is 10.2 Å². The minimum absolute atomic E-state index is 0.506. The van der Waals surface area contributed by atoms with Gasteiger partial charge in [0.2, 0.25) is 0 Å². The van der Waals surface area contributed by atoms with Crippen LogP contribution in [0.1, 0.15) is 51.6 Å². The maximum absolute atomic E-state index is 3.72. The van der Waals surface area contributed by atoms with Crippen LogP contribution < -0.4 is 5.32 Å². The number of rotatable bonds is 10. The van der Waals surface area contributed by atoms with Gasteiger partial charge < -0.3 is 10.2 Å². The molecule has 108 valence electrons. The summed E-state index contributed by atoms with van der Waals surface area (Å²) in [5.74, 6) is 0. The molecule has 0 amide bonds. The summed E-state index contributed by atoms with van der Waals surface area (Å²) >= 11 is 0. The third-order valence-corrected chi connectivity index (χ3v) is 3.59. The summed E-state index contributed by atoms with van der Waals surface area (Å²) < 4.78 is 0. The fraction of sp³-hybridized carbons (Fsp3) is 0.647. The molecule has 0 aromatic heterocycles. The van der Waals surface area contributed by atoms with E-state index in [9.17, 15) is 0 Å². The molecule has 1 aromatic carbocycles. The van der Waals surface area contributed by atoms with Gasteiger partial charge in [0.05, 0.1) is 0 Å². The molecule has 1 aromatic rings. The van der Waals surface area contributed by atoms with Gasteiger partial charge in [0, 0.05) is 19.1 Å². The van der Waals surface area contributed by atoms with E-state index in [-0.39, 0.29) is 0 Å². The summed E-state index contributed by atoms with van der Waals surface area (Å²) in [6.45, 7) is 11.3. The van der Waals surface area contributed by atoms with E-state index < -0.39 is 0 Å². The van der Waals surface area contributed by atoms with Gasteiger partial charge in [-0.2, -0.15) is 0 Å². The van der Waals surface area contributed by atoms with Crippen LogP contribution in [0.3, 0.4) is 0 Å². The molecular weight excluding hydrogens is 232 g/mol. The minimum Gasteiger partial charge on any atom is -0.309 e. The quantitative estimate of drug-likeness (QED) is 0.689. The van der Waals surface area contributed by atoms with Gasteiger partial charge in [0.15, 0.2) is 0 Å². The van der Waals surface area contributed by atoms with Gasteiger partial charge in [0.1, 0.15) is 0 Å². The highest BCUT2D eigenvalue weighted by molar-refractivity contribution is 5.18. The van der Waals surface area contributed by atoms with Crippen LogP contribution in [-0.2, 0) is 0 Å². The molecule has 1 unspecified atom stereocenters. The summed E-state index contributed by atoms with van der Waals surface area (Å²) in [5, 5.41) is 3.72. The third kappa shape index (κ3) is 6.22. The van der Waals surface area contributed by atoms with Crippen LogP contribution in [0.15, 0.2) is 30.3 Å². The monoisotopic (exact) mass is 262 g/mol. The fourth-order valence-electron chi connectivity index (χ4n) is 2.50. The van der Waals surface area contributed by atoms with Crippen molar-refractivity contribution in [2.24, 2.45) is 0 Å². The number of hydrogen-bond donors (Lipinski definition) is 1. The Hall–Kier alpha value is -0.860. The van der Waals surface area contributed by atoms with Gasteiger partial charge in [-0.25, -0.2) is 0 Å². The zero-order valence-corrected chi connectivity index (χ0v) is 12.9. The van der Waals surface area contributed by atoms with Gasteiger partial charge in [-0.05, 0) is 31.5 Å². The molecule has 0 spiro atoms. The van der Waals surface area contributed by atoms with Crippen molar-refractivity contribution in [3.05, 3.63) is 35.9 Å². The predicted molar refractivity (Wildman–Crippen MR) is 84.5 cm³/mol. The smallest absolute Gasteiger partial charge is 0.0320 e. The lowest BCUT2D eigenvalue weighted by Crippen LogP contribution is -2.34. The lowest BCUT2D eigenvalue weighted by molar-refractivity contribution is 0.281. The average molecular weight is 262 g/mol. The first-order valence-electron chi connectivity index (χ1n) is 7.82. The second kappa shape index (κ2) is 9.99. The summed E-state index contributed by atoms with van der Waals surface area (Å²) in [5.41, 5.74) is 1.42. The van der Waals surface area contributed by atoms with Crippen LogP contribution in [0.5, 0.6) is 0 Å².